The predicted molar refractivity (Wildman–Crippen MR) is 79.7 cm³/mol. The van der Waals surface area contributed by atoms with Crippen LogP contribution >= 0.6 is 11.3 Å². The molecule has 1 aliphatic carbocycles. The summed E-state index contributed by atoms with van der Waals surface area (Å²) >= 11 is 1.54. The lowest BCUT2D eigenvalue weighted by Crippen LogP contribution is -2.20. The zero-order chi connectivity index (χ0) is 13.6. The molecule has 1 atom stereocenters. The van der Waals surface area contributed by atoms with Crippen LogP contribution in [0.1, 0.15) is 33.6 Å². The highest BCUT2D eigenvalue weighted by atomic mass is 32.1. The minimum Gasteiger partial charge on any atom is -0.390 e. The highest BCUT2D eigenvalue weighted by Crippen LogP contribution is 2.47. The maximum Gasteiger partial charge on any atom is 0.254 e. The largest absolute Gasteiger partial charge is 0.390 e. The molecule has 1 heterocycles. The van der Waals surface area contributed by atoms with Gasteiger partial charge in [0.25, 0.3) is 5.91 Å². The first kappa shape index (κ1) is 12.2. The fourth-order valence-electron chi connectivity index (χ4n) is 2.82. The highest BCUT2D eigenvalue weighted by Gasteiger charge is 2.29. The smallest absolute Gasteiger partial charge is 0.254 e. The van der Waals surface area contributed by atoms with Crippen molar-refractivity contribution >= 4 is 22.2 Å². The maximum atomic E-state index is 12.1. The van der Waals surface area contributed by atoms with Gasteiger partial charge >= 0.3 is 0 Å². The molecule has 0 fully saturated rings. The van der Waals surface area contributed by atoms with Gasteiger partial charge in [-0.1, -0.05) is 31.2 Å². The van der Waals surface area contributed by atoms with Crippen LogP contribution in [0.3, 0.4) is 0 Å². The van der Waals surface area contributed by atoms with Crippen LogP contribution in [-0.4, -0.2) is 13.0 Å². The first-order valence-electron chi connectivity index (χ1n) is 6.36. The Balaban J connectivity index is 2.30. The topological polar surface area (TPSA) is 55.1 Å². The fraction of sp³-hybridized carbons (Fsp3) is 0.267. The van der Waals surface area contributed by atoms with Crippen molar-refractivity contribution < 1.29 is 4.79 Å². The fourth-order valence-corrected chi connectivity index (χ4v) is 4.03. The van der Waals surface area contributed by atoms with Gasteiger partial charge in [0, 0.05) is 17.5 Å². The van der Waals surface area contributed by atoms with Crippen LogP contribution in [0, 0.1) is 0 Å². The standard InChI is InChI=1S/C15H16N2OS/c1-8-7-11-12(10-6-4-3-5-9(8)10)13(14(16)19-11)15(18)17-2/h3-6,8H,7,16H2,1-2H3,(H,17,18). The molecule has 2 aromatic rings. The van der Waals surface area contributed by atoms with Crippen LogP contribution in [0.2, 0.25) is 0 Å². The van der Waals surface area contributed by atoms with E-state index in [2.05, 4.69) is 30.4 Å². The number of nitrogens with one attached hydrogen (secondary N) is 1. The Morgan fingerprint density at radius 2 is 2.16 bits per heavy atom. The predicted octanol–water partition coefficient (Wildman–Crippen LogP) is 3.02. The Bertz CT molecular complexity index is 660. The number of anilines is 1. The van der Waals surface area contributed by atoms with Crippen molar-refractivity contribution in [2.45, 2.75) is 19.3 Å². The summed E-state index contributed by atoms with van der Waals surface area (Å²) in [6.07, 6.45) is 0.957. The molecule has 1 amide bonds. The van der Waals surface area contributed by atoms with Crippen LogP contribution in [0.4, 0.5) is 5.00 Å². The molecule has 3 rings (SSSR count). The van der Waals surface area contributed by atoms with E-state index < -0.39 is 0 Å². The van der Waals surface area contributed by atoms with Gasteiger partial charge in [-0.3, -0.25) is 4.79 Å². The molecule has 0 aliphatic heterocycles. The number of carbonyl (C=O) groups is 1. The molecule has 1 aromatic carbocycles. The molecule has 98 valence electrons. The Morgan fingerprint density at radius 1 is 1.42 bits per heavy atom. The minimum atomic E-state index is -0.0978. The number of benzene rings is 1. The van der Waals surface area contributed by atoms with Gasteiger partial charge in [0.15, 0.2) is 0 Å². The SMILES string of the molecule is CNC(=O)c1c(N)sc2c1-c1ccccc1C(C)C2. The van der Waals surface area contributed by atoms with Crippen molar-refractivity contribution in [1.29, 1.82) is 0 Å². The van der Waals surface area contributed by atoms with Crippen molar-refractivity contribution in [1.82, 2.24) is 5.32 Å². The molecule has 19 heavy (non-hydrogen) atoms. The zero-order valence-corrected chi connectivity index (χ0v) is 11.8. The maximum absolute atomic E-state index is 12.1. The van der Waals surface area contributed by atoms with E-state index in [9.17, 15) is 4.79 Å². The van der Waals surface area contributed by atoms with Crippen LogP contribution in [0.25, 0.3) is 11.1 Å². The summed E-state index contributed by atoms with van der Waals surface area (Å²) in [5.74, 6) is 0.374. The monoisotopic (exact) mass is 272 g/mol. The van der Waals surface area contributed by atoms with E-state index in [0.29, 0.717) is 16.5 Å². The van der Waals surface area contributed by atoms with E-state index in [4.69, 9.17) is 5.73 Å². The number of hydrogen-bond donors (Lipinski definition) is 2. The number of rotatable bonds is 1. The van der Waals surface area contributed by atoms with Gasteiger partial charge in [-0.05, 0) is 23.5 Å². The molecule has 1 aliphatic rings. The zero-order valence-electron chi connectivity index (χ0n) is 11.0. The summed E-state index contributed by atoms with van der Waals surface area (Å²) in [6.45, 7) is 2.22. The molecule has 0 radical (unpaired) electrons. The number of carbonyl (C=O) groups excluding carboxylic acids is 1. The van der Waals surface area contributed by atoms with Crippen molar-refractivity contribution in [2.75, 3.05) is 12.8 Å². The normalized spacial score (nSPS) is 16.6. The van der Waals surface area contributed by atoms with E-state index in [-0.39, 0.29) is 5.91 Å². The van der Waals surface area contributed by atoms with Crippen molar-refractivity contribution in [3.63, 3.8) is 0 Å². The van der Waals surface area contributed by atoms with E-state index in [1.54, 1.807) is 18.4 Å². The molecule has 3 N–H and O–H groups in total. The Kier molecular flexibility index (Phi) is 2.82. The molecule has 4 heteroatoms. The second-order valence-electron chi connectivity index (χ2n) is 4.91. The first-order valence-corrected chi connectivity index (χ1v) is 7.17. The molecule has 3 nitrogen and oxygen atoms in total. The number of amides is 1. The number of hydrogen-bond acceptors (Lipinski definition) is 3. The lowest BCUT2D eigenvalue weighted by atomic mass is 9.82. The van der Waals surface area contributed by atoms with Crippen molar-refractivity contribution in [3.05, 3.63) is 40.3 Å². The van der Waals surface area contributed by atoms with Gasteiger partial charge in [0.1, 0.15) is 0 Å². The van der Waals surface area contributed by atoms with Gasteiger partial charge in [0.05, 0.1) is 10.6 Å². The number of nitrogens with two attached hydrogens (primary N) is 1. The third-order valence-corrected chi connectivity index (χ3v) is 4.76. The summed E-state index contributed by atoms with van der Waals surface area (Å²) < 4.78 is 0. The second kappa shape index (κ2) is 4.38. The van der Waals surface area contributed by atoms with Gasteiger partial charge in [-0.25, -0.2) is 0 Å². The Hall–Kier alpha value is -1.81. The van der Waals surface area contributed by atoms with Crippen LogP contribution in [-0.2, 0) is 6.42 Å². The highest BCUT2D eigenvalue weighted by molar-refractivity contribution is 7.17. The summed E-state index contributed by atoms with van der Waals surface area (Å²) in [4.78, 5) is 13.3. The van der Waals surface area contributed by atoms with E-state index in [0.717, 1.165) is 17.5 Å². The molecule has 1 aromatic heterocycles. The van der Waals surface area contributed by atoms with E-state index in [1.165, 1.54) is 10.4 Å². The number of fused-ring (bicyclic) bond motifs is 3. The Labute approximate surface area is 116 Å². The summed E-state index contributed by atoms with van der Waals surface area (Å²) in [5, 5.41) is 3.31. The lowest BCUT2D eigenvalue weighted by Gasteiger charge is -2.23. The average Bonchev–Trinajstić information content (AvgIpc) is 2.74. The molecule has 0 saturated carbocycles. The van der Waals surface area contributed by atoms with E-state index in [1.807, 2.05) is 6.07 Å². The van der Waals surface area contributed by atoms with Gasteiger partial charge in [0.2, 0.25) is 0 Å². The molecular weight excluding hydrogens is 256 g/mol. The second-order valence-corrected chi connectivity index (χ2v) is 6.05. The summed E-state index contributed by atoms with van der Waals surface area (Å²) in [7, 11) is 1.64. The molecule has 0 bridgehead atoms. The summed E-state index contributed by atoms with van der Waals surface area (Å²) in [5.41, 5.74) is 10.2. The van der Waals surface area contributed by atoms with Crippen LogP contribution < -0.4 is 11.1 Å². The van der Waals surface area contributed by atoms with Crippen LogP contribution in [0.5, 0.6) is 0 Å². The van der Waals surface area contributed by atoms with E-state index >= 15 is 0 Å². The first-order chi connectivity index (χ1) is 9.13. The lowest BCUT2D eigenvalue weighted by molar-refractivity contribution is 0.0965. The Morgan fingerprint density at radius 3 is 2.89 bits per heavy atom. The van der Waals surface area contributed by atoms with Crippen molar-refractivity contribution in [2.24, 2.45) is 0 Å². The third kappa shape index (κ3) is 1.75. The quantitative estimate of drug-likeness (QED) is 0.838. The van der Waals surface area contributed by atoms with Crippen molar-refractivity contribution in [3.8, 4) is 11.1 Å². The third-order valence-electron chi connectivity index (χ3n) is 3.72. The molecule has 0 saturated heterocycles. The van der Waals surface area contributed by atoms with Gasteiger partial charge < -0.3 is 11.1 Å². The minimum absolute atomic E-state index is 0.0978. The molecule has 1 unspecified atom stereocenters. The van der Waals surface area contributed by atoms with Gasteiger partial charge in [-0.15, -0.1) is 11.3 Å². The van der Waals surface area contributed by atoms with Crippen LogP contribution in [0.15, 0.2) is 24.3 Å². The molecular formula is C15H16N2OS. The number of thiophene rings is 1. The average molecular weight is 272 g/mol. The summed E-state index contributed by atoms with van der Waals surface area (Å²) in [6, 6.07) is 8.30. The number of nitrogen functional groups attached to an aromatic ring is 1. The van der Waals surface area contributed by atoms with Gasteiger partial charge in [-0.2, -0.15) is 0 Å². The molecule has 0 spiro atoms.